The Balaban J connectivity index is 2.43. The van der Waals surface area contributed by atoms with Crippen molar-refractivity contribution in [2.24, 2.45) is 0 Å². The van der Waals surface area contributed by atoms with Gasteiger partial charge >= 0.3 is 6.18 Å². The molecule has 0 saturated heterocycles. The third kappa shape index (κ3) is 2.95. The van der Waals surface area contributed by atoms with Crippen LogP contribution in [0.2, 0.25) is 0 Å². The van der Waals surface area contributed by atoms with Crippen LogP contribution in [-0.2, 0) is 20.8 Å². The summed E-state index contributed by atoms with van der Waals surface area (Å²) in [7, 11) is -4.59. The van der Waals surface area contributed by atoms with Crippen molar-refractivity contribution in [1.29, 1.82) is 0 Å². The molecule has 0 bridgehead atoms. The molecule has 0 radical (unpaired) electrons. The number of carbonyl (C=O) groups excluding carboxylic acids is 1. The number of sulfone groups is 1. The molecule has 0 atom stereocenters. The van der Waals surface area contributed by atoms with Crippen LogP contribution >= 0.6 is 0 Å². The summed E-state index contributed by atoms with van der Waals surface area (Å²) < 4.78 is 76.9. The predicted octanol–water partition coefficient (Wildman–Crippen LogP) is 3.29. The Kier molecular flexibility index (Phi) is 3.86. The molecule has 1 aromatic rings. The molecule has 0 amide bonds. The summed E-state index contributed by atoms with van der Waals surface area (Å²) in [4.78, 5) is 10.4. The first-order chi connectivity index (χ1) is 9.56. The quantitative estimate of drug-likeness (QED) is 0.785. The van der Waals surface area contributed by atoms with Gasteiger partial charge in [-0.05, 0) is 18.2 Å². The normalized spacial score (nSPS) is 19.5. The van der Waals surface area contributed by atoms with Crippen LogP contribution in [0.15, 0.2) is 29.2 Å². The second-order valence-electron chi connectivity index (χ2n) is 4.95. The lowest BCUT2D eigenvalue weighted by Gasteiger charge is -2.28. The van der Waals surface area contributed by atoms with E-state index in [0.29, 0.717) is 12.1 Å². The van der Waals surface area contributed by atoms with E-state index in [-0.39, 0.29) is 18.6 Å². The maximum absolute atomic E-state index is 14.6. The fraction of sp³-hybridized carbons (Fsp3) is 0.462. The first kappa shape index (κ1) is 15.9. The molecule has 1 aliphatic rings. The highest BCUT2D eigenvalue weighted by Crippen LogP contribution is 2.40. The van der Waals surface area contributed by atoms with Crippen LogP contribution in [0.3, 0.4) is 0 Å². The highest BCUT2D eigenvalue weighted by atomic mass is 32.2. The van der Waals surface area contributed by atoms with E-state index in [2.05, 4.69) is 0 Å². The molecule has 0 unspecified atom stereocenters. The summed E-state index contributed by atoms with van der Waals surface area (Å²) in [6.45, 7) is 0. The van der Waals surface area contributed by atoms with E-state index in [1.165, 1.54) is 0 Å². The number of Topliss-reactive ketones (excluding diaryl/α,β-unsaturated/α-hetero) is 1. The third-order valence-electron chi connectivity index (χ3n) is 3.51. The molecular weight excluding hydrogens is 312 g/mol. The first-order valence-electron chi connectivity index (χ1n) is 6.19. The zero-order valence-electron chi connectivity index (χ0n) is 10.8. The van der Waals surface area contributed by atoms with Gasteiger partial charge in [0.1, 0.15) is 5.78 Å². The minimum absolute atomic E-state index is 0.227. The molecule has 2 rings (SSSR count). The zero-order valence-corrected chi connectivity index (χ0v) is 11.6. The average molecular weight is 324 g/mol. The van der Waals surface area contributed by atoms with Crippen molar-refractivity contribution in [2.75, 3.05) is 0 Å². The Morgan fingerprint density at radius 1 is 1.10 bits per heavy atom. The van der Waals surface area contributed by atoms with E-state index in [4.69, 9.17) is 0 Å². The molecule has 1 aliphatic carbocycles. The van der Waals surface area contributed by atoms with Gasteiger partial charge in [-0.25, -0.2) is 12.8 Å². The van der Waals surface area contributed by atoms with E-state index in [0.717, 1.165) is 12.1 Å². The minimum atomic E-state index is -4.71. The molecule has 0 spiro atoms. The lowest BCUT2D eigenvalue weighted by Crippen LogP contribution is -2.38. The van der Waals surface area contributed by atoms with Crippen molar-refractivity contribution >= 4 is 15.6 Å². The molecule has 116 valence electrons. The highest BCUT2D eigenvalue weighted by Gasteiger charge is 2.48. The van der Waals surface area contributed by atoms with Gasteiger partial charge in [0.15, 0.2) is 0 Å². The summed E-state index contributed by atoms with van der Waals surface area (Å²) in [5.41, 5.74) is -1.15. The van der Waals surface area contributed by atoms with E-state index in [9.17, 15) is 30.8 Å². The Hall–Kier alpha value is -1.44. The van der Waals surface area contributed by atoms with Crippen molar-refractivity contribution in [3.63, 3.8) is 0 Å². The van der Waals surface area contributed by atoms with Crippen LogP contribution in [-0.4, -0.2) is 19.2 Å². The first-order valence-corrected chi connectivity index (χ1v) is 7.67. The van der Waals surface area contributed by atoms with Crippen molar-refractivity contribution < 1.29 is 30.8 Å². The molecular formula is C13H12F4O3S. The van der Waals surface area contributed by atoms with Gasteiger partial charge in [0.05, 0.1) is 10.5 Å². The monoisotopic (exact) mass is 324 g/mol. The van der Waals surface area contributed by atoms with Gasteiger partial charge in [-0.2, -0.15) is 13.2 Å². The van der Waals surface area contributed by atoms with Crippen LogP contribution in [0.1, 0.15) is 31.2 Å². The summed E-state index contributed by atoms with van der Waals surface area (Å²) >= 11 is 0. The summed E-state index contributed by atoms with van der Waals surface area (Å²) in [6, 6.07) is 3.00. The van der Waals surface area contributed by atoms with Crippen molar-refractivity contribution in [2.45, 2.75) is 41.8 Å². The molecule has 1 fully saturated rings. The number of ketones is 1. The van der Waals surface area contributed by atoms with Crippen LogP contribution in [0.4, 0.5) is 17.6 Å². The fourth-order valence-corrected chi connectivity index (χ4v) is 3.93. The van der Waals surface area contributed by atoms with Gasteiger partial charge in [0.25, 0.3) is 0 Å². The number of rotatable bonds is 2. The van der Waals surface area contributed by atoms with E-state index in [1.54, 1.807) is 0 Å². The number of hydrogen-bond donors (Lipinski definition) is 0. The second-order valence-corrected chi connectivity index (χ2v) is 7.16. The number of hydrogen-bond acceptors (Lipinski definition) is 3. The fourth-order valence-electron chi connectivity index (χ4n) is 2.22. The smallest absolute Gasteiger partial charge is 0.300 e. The maximum Gasteiger partial charge on any atom is 0.416 e. The molecule has 3 nitrogen and oxygen atoms in total. The van der Waals surface area contributed by atoms with E-state index in [1.807, 2.05) is 0 Å². The predicted molar refractivity (Wildman–Crippen MR) is 65.9 cm³/mol. The van der Waals surface area contributed by atoms with Gasteiger partial charge in [-0.3, -0.25) is 4.79 Å². The van der Waals surface area contributed by atoms with Gasteiger partial charge < -0.3 is 0 Å². The molecule has 1 saturated carbocycles. The average Bonchev–Trinajstić information content (AvgIpc) is 2.41. The maximum atomic E-state index is 14.6. The molecule has 1 aromatic carbocycles. The van der Waals surface area contributed by atoms with Crippen LogP contribution in [0, 0.1) is 0 Å². The van der Waals surface area contributed by atoms with Crippen LogP contribution in [0.5, 0.6) is 0 Å². The van der Waals surface area contributed by atoms with Crippen LogP contribution in [0.25, 0.3) is 0 Å². The summed E-state index contributed by atoms with van der Waals surface area (Å²) in [5, 5.41) is -2.69. The Labute approximate surface area is 118 Å². The van der Waals surface area contributed by atoms with Crippen molar-refractivity contribution in [3.05, 3.63) is 29.8 Å². The van der Waals surface area contributed by atoms with E-state index < -0.39 is 44.3 Å². The van der Waals surface area contributed by atoms with Gasteiger partial charge in [0, 0.05) is 25.7 Å². The number of halogens is 4. The lowest BCUT2D eigenvalue weighted by molar-refractivity contribution is -0.137. The summed E-state index contributed by atoms with van der Waals surface area (Å²) in [6.07, 6.45) is -6.21. The van der Waals surface area contributed by atoms with E-state index >= 15 is 0 Å². The second kappa shape index (κ2) is 5.08. The Morgan fingerprint density at radius 2 is 1.67 bits per heavy atom. The largest absolute Gasteiger partial charge is 0.416 e. The highest BCUT2D eigenvalue weighted by molar-refractivity contribution is 7.92. The third-order valence-corrected chi connectivity index (χ3v) is 5.75. The summed E-state index contributed by atoms with van der Waals surface area (Å²) in [5.74, 6) is -0.248. The number of carbonyl (C=O) groups is 1. The molecule has 0 aromatic heterocycles. The molecule has 0 aliphatic heterocycles. The van der Waals surface area contributed by atoms with Crippen molar-refractivity contribution in [1.82, 2.24) is 0 Å². The number of benzene rings is 1. The van der Waals surface area contributed by atoms with Crippen molar-refractivity contribution in [3.8, 4) is 0 Å². The molecule has 0 heterocycles. The lowest BCUT2D eigenvalue weighted by atomic mass is 9.97. The number of alkyl halides is 4. The standard InChI is InChI=1S/C13H12F4O3S/c14-12(6-4-10(18)5-7-12)21(19,20)11-3-1-2-9(8-11)13(15,16)17/h1-3,8H,4-7H2. The SMILES string of the molecule is O=C1CCC(F)(S(=O)(=O)c2cccc(C(F)(F)F)c2)CC1. The van der Waals surface area contributed by atoms with Gasteiger partial charge in [-0.1, -0.05) is 6.07 Å². The molecule has 8 heteroatoms. The minimum Gasteiger partial charge on any atom is -0.300 e. The van der Waals surface area contributed by atoms with Gasteiger partial charge in [-0.15, -0.1) is 0 Å². The molecule has 0 N–H and O–H groups in total. The zero-order chi connectivity index (χ0) is 15.9. The van der Waals surface area contributed by atoms with Gasteiger partial charge in [0.2, 0.25) is 14.8 Å². The molecule has 21 heavy (non-hydrogen) atoms. The Bertz CT molecular complexity index is 654. The van der Waals surface area contributed by atoms with Crippen LogP contribution < -0.4 is 0 Å². The Morgan fingerprint density at radius 3 is 2.19 bits per heavy atom. The topological polar surface area (TPSA) is 51.2 Å².